The zero-order valence-electron chi connectivity index (χ0n) is 32.5. The normalized spacial score (nSPS) is 17.3. The zero-order chi connectivity index (χ0) is 37.8. The molecule has 1 saturated carbocycles. The molecule has 2 atom stereocenters. The maximum Gasteiger partial charge on any atom is 0.258 e. The van der Waals surface area contributed by atoms with Crippen molar-refractivity contribution in [2.24, 2.45) is 11.3 Å². The third-order valence-electron chi connectivity index (χ3n) is 11.0. The van der Waals surface area contributed by atoms with Crippen LogP contribution in [-0.4, -0.2) is 72.1 Å². The van der Waals surface area contributed by atoms with Gasteiger partial charge in [-0.15, -0.1) is 0 Å². The first-order chi connectivity index (χ1) is 25.5. The maximum atomic E-state index is 13.9. The van der Waals surface area contributed by atoms with Crippen molar-refractivity contribution < 1.29 is 19.1 Å². The van der Waals surface area contributed by atoms with Crippen LogP contribution in [0.4, 0.5) is 0 Å². The summed E-state index contributed by atoms with van der Waals surface area (Å²) in [6.07, 6.45) is 13.3. The average molecular weight is 813 g/mol. The summed E-state index contributed by atoms with van der Waals surface area (Å²) >= 11 is 3.42. The predicted octanol–water partition coefficient (Wildman–Crippen LogP) is 7.85. The summed E-state index contributed by atoms with van der Waals surface area (Å²) < 4.78 is 15.8. The van der Waals surface area contributed by atoms with Gasteiger partial charge in [-0.1, -0.05) is 61.4 Å². The summed E-state index contributed by atoms with van der Waals surface area (Å²) in [4.78, 5) is 44.5. The van der Waals surface area contributed by atoms with Crippen LogP contribution in [-0.2, 0) is 32.3 Å². The minimum Gasteiger partial charge on any atom is -0.381 e. The Kier molecular flexibility index (Phi) is 15.5. The lowest BCUT2D eigenvalue weighted by molar-refractivity contribution is -0.124. The molecule has 1 amide bonds. The first-order valence-electron chi connectivity index (χ1n) is 20.0. The number of amides is 1. The van der Waals surface area contributed by atoms with Crippen molar-refractivity contribution in [3.05, 3.63) is 52.8 Å². The largest absolute Gasteiger partial charge is 0.381 e. The van der Waals surface area contributed by atoms with E-state index < -0.39 is 8.07 Å². The van der Waals surface area contributed by atoms with Crippen molar-refractivity contribution >= 4 is 46.5 Å². The van der Waals surface area contributed by atoms with Gasteiger partial charge in [0.2, 0.25) is 5.91 Å². The molecule has 53 heavy (non-hydrogen) atoms. The molecular formula is C41H62BrN5O5Si. The maximum absolute atomic E-state index is 13.9. The first-order valence-corrected chi connectivity index (χ1v) is 24.8. The predicted molar refractivity (Wildman–Crippen MR) is 219 cm³/mol. The summed E-state index contributed by atoms with van der Waals surface area (Å²) in [7, 11) is -1.28. The molecule has 2 fully saturated rings. The molecule has 2 N–H and O–H groups in total. The van der Waals surface area contributed by atoms with Gasteiger partial charge in [0.15, 0.2) is 0 Å². The number of aryl methyl sites for hydroxylation is 1. The summed E-state index contributed by atoms with van der Waals surface area (Å²) in [6, 6.07) is 8.70. The Bertz CT molecular complexity index is 1710. The Morgan fingerprint density at radius 1 is 1.04 bits per heavy atom. The van der Waals surface area contributed by atoms with E-state index in [4.69, 9.17) is 14.5 Å². The van der Waals surface area contributed by atoms with Crippen molar-refractivity contribution in [2.45, 2.75) is 123 Å². The Labute approximate surface area is 325 Å². The number of nitrogens with one attached hydrogen (secondary N) is 2. The Morgan fingerprint density at radius 2 is 1.83 bits per heavy atom. The topological polar surface area (TPSA) is 116 Å². The number of pyridine rings is 1. The van der Waals surface area contributed by atoms with Crippen molar-refractivity contribution in [3.63, 3.8) is 0 Å². The quantitative estimate of drug-likeness (QED) is 0.0570. The molecular weight excluding hydrogens is 750 g/mol. The van der Waals surface area contributed by atoms with Gasteiger partial charge in [-0.2, -0.15) is 0 Å². The number of alkyl halides is 1. The van der Waals surface area contributed by atoms with Crippen LogP contribution in [0, 0.1) is 11.3 Å². The molecule has 3 aromatic rings. The van der Waals surface area contributed by atoms with Crippen LogP contribution < -0.4 is 16.2 Å². The zero-order valence-corrected chi connectivity index (χ0v) is 35.1. The second-order valence-corrected chi connectivity index (χ2v) is 22.8. The van der Waals surface area contributed by atoms with E-state index in [0.29, 0.717) is 50.5 Å². The fourth-order valence-corrected chi connectivity index (χ4v) is 8.45. The smallest absolute Gasteiger partial charge is 0.258 e. The van der Waals surface area contributed by atoms with Gasteiger partial charge >= 0.3 is 0 Å². The van der Waals surface area contributed by atoms with Crippen LogP contribution in [0.1, 0.15) is 89.4 Å². The van der Waals surface area contributed by atoms with E-state index in [1.807, 2.05) is 43.6 Å². The van der Waals surface area contributed by atoms with E-state index in [1.165, 1.54) is 0 Å². The van der Waals surface area contributed by atoms with Gasteiger partial charge in [0.1, 0.15) is 18.3 Å². The molecule has 5 rings (SSSR count). The first kappa shape index (κ1) is 41.5. The SMILES string of the molecule is CCC(=O)CCCCC[C@H](NC(=O)[C@H]1CC12CCNCC2)c1nc(-c2ccc3c(=O)n(CCCOCCCBr)ccc3c2)cn1COCC[Si](C)(C)C. The molecule has 2 aliphatic rings. The molecule has 292 valence electrons. The van der Waals surface area contributed by atoms with E-state index in [2.05, 4.69) is 50.8 Å². The molecule has 1 aliphatic heterocycles. The highest BCUT2D eigenvalue weighted by Crippen LogP contribution is 2.58. The number of fused-ring (bicyclic) bond motifs is 1. The lowest BCUT2D eigenvalue weighted by Gasteiger charge is -2.25. The number of piperidine rings is 1. The summed E-state index contributed by atoms with van der Waals surface area (Å²) in [5.74, 6) is 1.26. The number of halogens is 1. The van der Waals surface area contributed by atoms with Crippen LogP contribution >= 0.6 is 15.9 Å². The van der Waals surface area contributed by atoms with Crippen molar-refractivity contribution in [2.75, 3.05) is 38.2 Å². The Morgan fingerprint density at radius 3 is 2.58 bits per heavy atom. The van der Waals surface area contributed by atoms with E-state index >= 15 is 0 Å². The highest BCUT2D eigenvalue weighted by Gasteiger charge is 2.57. The second kappa shape index (κ2) is 19.8. The third-order valence-corrected chi connectivity index (χ3v) is 13.3. The molecule has 2 aromatic heterocycles. The molecule has 12 heteroatoms. The minimum atomic E-state index is -1.28. The van der Waals surface area contributed by atoms with Crippen LogP contribution in [0.15, 0.2) is 41.5 Å². The number of hydrogen-bond donors (Lipinski definition) is 2. The van der Waals surface area contributed by atoms with E-state index in [9.17, 15) is 14.4 Å². The number of Topliss-reactive ketones (excluding diaryl/α,β-unsaturated/α-hetero) is 1. The average Bonchev–Trinajstić information content (AvgIpc) is 3.66. The highest BCUT2D eigenvalue weighted by molar-refractivity contribution is 9.09. The number of nitrogens with zero attached hydrogens (tertiary/aromatic N) is 3. The van der Waals surface area contributed by atoms with Gasteiger partial charge in [0.25, 0.3) is 5.56 Å². The number of rotatable bonds is 23. The highest BCUT2D eigenvalue weighted by atomic mass is 79.9. The Hall–Kier alpha value is -2.64. The summed E-state index contributed by atoms with van der Waals surface area (Å²) in [5.41, 5.74) is 1.82. The van der Waals surface area contributed by atoms with Gasteiger partial charge in [-0.25, -0.2) is 4.98 Å². The Balaban J connectivity index is 1.38. The molecule has 0 radical (unpaired) electrons. The number of carbonyl (C=O) groups excluding carboxylic acids is 2. The van der Waals surface area contributed by atoms with Crippen LogP contribution in [0.3, 0.4) is 0 Å². The van der Waals surface area contributed by atoms with Crippen molar-refractivity contribution in [3.8, 4) is 11.3 Å². The standard InChI is InChI=1S/C41H62BrN5O5Si/c1-5-33(48)11-7-6-8-12-36(45-39(49)35-28-41(35)16-19-43-20-17-41)38-44-37(29-47(38)30-52-25-26-53(2,3)4)32-13-14-34-31(27-32)15-22-46(40(34)50)21-10-24-51-23-9-18-42/h13-15,22,27,29,35-36,43H,5-12,16-21,23-26,28,30H2,1-4H3,(H,45,49)/t35-,36+/m1/s1. The monoisotopic (exact) mass is 811 g/mol. The second-order valence-electron chi connectivity index (χ2n) is 16.3. The third kappa shape index (κ3) is 11.9. The fraction of sp³-hybridized carbons (Fsp3) is 0.659. The number of benzene rings is 1. The molecule has 1 spiro atoms. The summed E-state index contributed by atoms with van der Waals surface area (Å²) in [5, 5.41) is 9.37. The number of unbranched alkanes of at least 4 members (excludes halogenated alkanes) is 2. The molecule has 1 saturated heterocycles. The van der Waals surface area contributed by atoms with Crippen LogP contribution in [0.5, 0.6) is 0 Å². The minimum absolute atomic E-state index is 0.00784. The number of aromatic nitrogens is 3. The lowest BCUT2D eigenvalue weighted by atomic mass is 9.91. The van der Waals surface area contributed by atoms with E-state index in [1.54, 1.807) is 4.57 Å². The number of ether oxygens (including phenoxy) is 2. The lowest BCUT2D eigenvalue weighted by Crippen LogP contribution is -2.36. The van der Waals surface area contributed by atoms with Gasteiger partial charge in [-0.05, 0) is 93.1 Å². The van der Waals surface area contributed by atoms with Crippen molar-refractivity contribution in [1.82, 2.24) is 24.8 Å². The van der Waals surface area contributed by atoms with Gasteiger partial charge in [0, 0.05) is 81.9 Å². The van der Waals surface area contributed by atoms with Gasteiger partial charge < -0.3 is 29.2 Å². The fourth-order valence-electron chi connectivity index (χ4n) is 7.47. The molecule has 0 bridgehead atoms. The van der Waals surface area contributed by atoms with Gasteiger partial charge in [0.05, 0.1) is 11.7 Å². The molecule has 1 aliphatic carbocycles. The van der Waals surface area contributed by atoms with Crippen LogP contribution in [0.2, 0.25) is 25.7 Å². The van der Waals surface area contributed by atoms with Gasteiger partial charge in [-0.3, -0.25) is 14.4 Å². The molecule has 3 heterocycles. The number of hydrogen-bond acceptors (Lipinski definition) is 7. The van der Waals surface area contributed by atoms with E-state index in [-0.39, 0.29) is 28.8 Å². The van der Waals surface area contributed by atoms with E-state index in [0.717, 1.165) is 111 Å². The van der Waals surface area contributed by atoms with Crippen LogP contribution in [0.25, 0.3) is 22.0 Å². The summed E-state index contributed by atoms with van der Waals surface area (Å²) in [6.45, 7) is 13.9. The molecule has 0 unspecified atom stereocenters. The number of ketones is 1. The number of carbonyl (C=O) groups is 2. The molecule has 10 nitrogen and oxygen atoms in total. The molecule has 1 aromatic carbocycles. The van der Waals surface area contributed by atoms with Crippen molar-refractivity contribution in [1.29, 1.82) is 0 Å². The number of imidazole rings is 1.